The Bertz CT molecular complexity index is 6470. The number of piperidine rings is 4. The van der Waals surface area contributed by atoms with E-state index in [1.165, 1.54) is 43.0 Å². The van der Waals surface area contributed by atoms with Gasteiger partial charge in [0.1, 0.15) is 60.1 Å². The number of aromatic amines is 2. The Morgan fingerprint density at radius 3 is 1.28 bits per heavy atom. The van der Waals surface area contributed by atoms with Crippen LogP contribution in [-0.4, -0.2) is 257 Å². The van der Waals surface area contributed by atoms with Crippen LogP contribution in [0.3, 0.4) is 0 Å². The summed E-state index contributed by atoms with van der Waals surface area (Å²) in [6, 6.07) is 19.9. The van der Waals surface area contributed by atoms with Gasteiger partial charge in [0.25, 0.3) is 0 Å². The van der Waals surface area contributed by atoms with Crippen molar-refractivity contribution in [2.45, 2.75) is 271 Å². The second-order valence-electron chi connectivity index (χ2n) is 41.7. The highest BCUT2D eigenvalue weighted by atomic mass is 79.9. The number of rotatable bonds is 28. The Hall–Kier alpha value is -12.5. The van der Waals surface area contributed by atoms with Crippen LogP contribution >= 0.6 is 15.9 Å². The minimum absolute atomic E-state index is 0.0390. The van der Waals surface area contributed by atoms with Crippen LogP contribution in [0.5, 0.6) is 0 Å². The lowest BCUT2D eigenvalue weighted by atomic mass is 9.85. The van der Waals surface area contributed by atoms with E-state index >= 15 is 0 Å². The molecule has 5 fully saturated rings. The number of carbonyl (C=O) groups excluding carboxylic acids is 3. The first-order chi connectivity index (χ1) is 69.5. The van der Waals surface area contributed by atoms with Gasteiger partial charge < -0.3 is 93.7 Å². The fraction of sp³-hybridized carbons (Fsp3) is 0.531. The minimum atomic E-state index is -2.73. The number of carboxylic acids is 1. The second-order valence-corrected chi connectivity index (χ2v) is 53.8. The highest BCUT2D eigenvalue weighted by molar-refractivity contribution is 9.10. The smallest absolute Gasteiger partial charge is 0.480 e. The van der Waals surface area contributed by atoms with E-state index in [-0.39, 0.29) is 48.7 Å². The Labute approximate surface area is 858 Å². The zero-order chi connectivity index (χ0) is 107. The summed E-state index contributed by atoms with van der Waals surface area (Å²) in [7, 11) is -3.00. The van der Waals surface area contributed by atoms with E-state index in [4.69, 9.17) is 43.9 Å². The molecule has 0 bridgehead atoms. The number of amides is 3. The molecule has 17 rings (SSSR count). The number of aromatic nitrogens is 16. The molecule has 12 aromatic rings. The number of nitrogens with one attached hydrogen (secondary N) is 7. The molecular weight excluding hydrogens is 2020 g/mol. The summed E-state index contributed by atoms with van der Waals surface area (Å²) in [5.41, 5.74) is 7.94. The van der Waals surface area contributed by atoms with Crippen molar-refractivity contribution in [2.75, 3.05) is 86.8 Å². The van der Waals surface area contributed by atoms with Crippen molar-refractivity contribution >= 4 is 136 Å². The predicted molar refractivity (Wildman–Crippen MR) is 554 cm³/mol. The first-order valence-corrected chi connectivity index (χ1v) is 57.1. The largest absolute Gasteiger partial charge is 0.516 e. The molecule has 0 aliphatic carbocycles. The van der Waals surface area contributed by atoms with Gasteiger partial charge in [0.15, 0.2) is 0 Å². The van der Waals surface area contributed by atoms with Gasteiger partial charge in [-0.15, -0.1) is 0 Å². The number of carbonyl (C=O) groups is 4. The number of halogens is 9. The van der Waals surface area contributed by atoms with Gasteiger partial charge >= 0.3 is 51.5 Å². The summed E-state index contributed by atoms with van der Waals surface area (Å²) < 4.78 is 145. The first-order valence-electron chi connectivity index (χ1n) is 48.9. The SMILES string of the molecule is CC(C)(C)OC(=O)N1CCC[C@@H](Nc2c(-c3ccn(C(F)F)n3)cnc3c2ccn3COCC[Si](C)(C)C)C1.CC(C)(C)OC(=O)N1CCC[C@@H](Nc2c(Br)cnc3c2ccn3COCC[Si](C)(C)C)C1.CC1(C)OB(c2ccn(C(F)F)n2)OC1(C)C.FC(F)n1ccc(-c2cnc3[nH]ccc3c2N[C@@H]2CCCNC2)n1.N#CCC(=O)N1CCC[C@@H](Nc2c(-c3ccn(C(F)F)n3)cnc3[nH]ccc23)C1.N#CCC(=O)O. The van der Waals surface area contributed by atoms with Gasteiger partial charge in [0.05, 0.1) is 73.2 Å². The third-order valence-electron chi connectivity index (χ3n) is 24.8. The average molecular weight is 2150 g/mol. The van der Waals surface area contributed by atoms with Crippen LogP contribution in [0.25, 0.3) is 77.9 Å². The van der Waals surface area contributed by atoms with E-state index in [0.29, 0.717) is 111 Å². The third-order valence-corrected chi connectivity index (χ3v) is 28.8. The normalized spacial score (nSPS) is 17.5. The van der Waals surface area contributed by atoms with Crippen LogP contribution in [0.15, 0.2) is 127 Å². The zero-order valence-electron chi connectivity index (χ0n) is 85.6. The van der Waals surface area contributed by atoms with Crippen molar-refractivity contribution in [3.8, 4) is 45.9 Å². The number of pyridine rings is 4. The number of carboxylic acid groups (broad SMARTS) is 1. The van der Waals surface area contributed by atoms with Gasteiger partial charge in [0, 0.05) is 212 Å². The summed E-state index contributed by atoms with van der Waals surface area (Å²) in [4.78, 5) is 76.1. The van der Waals surface area contributed by atoms with Gasteiger partial charge in [0.2, 0.25) is 5.91 Å². The van der Waals surface area contributed by atoms with E-state index < -0.39 is 84.3 Å². The van der Waals surface area contributed by atoms with E-state index in [1.54, 1.807) is 51.6 Å². The molecule has 49 heteroatoms. The Kier molecular flexibility index (Phi) is 38.5. The van der Waals surface area contributed by atoms with Crippen molar-refractivity contribution in [1.29, 1.82) is 10.5 Å². The van der Waals surface area contributed by atoms with E-state index in [9.17, 15) is 54.3 Å². The maximum atomic E-state index is 13.3. The highest BCUT2D eigenvalue weighted by Gasteiger charge is 2.53. The summed E-state index contributed by atoms with van der Waals surface area (Å²) in [6.07, 6.45) is 25.6. The second kappa shape index (κ2) is 50.0. The summed E-state index contributed by atoms with van der Waals surface area (Å²) in [5.74, 6) is -1.26. The van der Waals surface area contributed by atoms with Crippen molar-refractivity contribution in [3.05, 3.63) is 127 Å². The summed E-state index contributed by atoms with van der Waals surface area (Å²) in [6.45, 7) is 29.8. The van der Waals surface area contributed by atoms with Crippen LogP contribution in [0.1, 0.15) is 160 Å². The van der Waals surface area contributed by atoms with E-state index in [0.717, 1.165) is 161 Å². The van der Waals surface area contributed by atoms with Crippen LogP contribution < -0.4 is 32.2 Å². The predicted octanol–water partition coefficient (Wildman–Crippen LogP) is 20.0. The molecule has 0 aromatic carbocycles. The van der Waals surface area contributed by atoms with Gasteiger partial charge in [-0.3, -0.25) is 9.59 Å². The lowest BCUT2D eigenvalue weighted by Gasteiger charge is -2.35. The standard InChI is InChI=1S/C27H40F2N6O3Si.C23H37BrN4O3Si.C19H19F2N7O.C16H18F2N6.C10H15BF2N2O2.C3H3NO2/c1-27(2,3)38-26(36)33-11-7-8-19(17-33)31-23-20-9-12-34(18-37-14-15-39(4,5)6)24(20)30-16-21(23)22-10-13-35(32-22)25(28)29;1-23(2,3)31-22(29)27-10-7-8-17(15-27)26-20-18-9-11-28(21(18)25-14-19(20)24)16-30-12-13-32(4,5)6;20-19(21)28-9-5-15(26-28)14-10-24-18-13(4-7-23-18)17(14)25-12-2-1-8-27(11-12)16(29)3-6-22;17-16(18)24-7-4-13(23-24)12-9-21-15-11(3-6-20-15)14(12)22-10-2-1-5-19-8-10;1-9(2)10(3,4)17-11(16-9)7-5-6-15(14-7)8(12)13;4-2-1-3(5)6/h9-10,12-13,16,19,25H,7-8,11,14-15,17-18H2,1-6H3,(H,30,31);9,11,14,17H,7-8,10,12-13,15-16H2,1-6H3,(H,25,26);4-5,7,9-10,12,19H,1-3,8,11H2,(H2,23,24,25);3-4,6-7,9-10,16,19H,1-2,5,8H2,(H2,20,21,22);5-6,8H,1-4H3;1H2,(H,5,6)/t19-;17-;12-;10-;;/m1111../s1. The number of fused-ring (bicyclic) bond motifs is 4. The number of ether oxygens (including phenoxy) is 4. The number of nitriles is 2. The van der Waals surface area contributed by atoms with Crippen LogP contribution in [0.4, 0.5) is 67.5 Å². The van der Waals surface area contributed by atoms with Gasteiger partial charge in [-0.1, -0.05) is 39.3 Å². The molecule has 4 atom stereocenters. The Morgan fingerprint density at radius 2 is 0.891 bits per heavy atom. The maximum absolute atomic E-state index is 13.3. The molecule has 37 nitrogen and oxygen atoms in total. The fourth-order valence-electron chi connectivity index (χ4n) is 16.6. The Morgan fingerprint density at radius 1 is 0.510 bits per heavy atom. The molecular formula is C98H132BBrF8N26O11Si2. The lowest BCUT2D eigenvalue weighted by Crippen LogP contribution is -2.47. The van der Waals surface area contributed by atoms with Crippen molar-refractivity contribution in [1.82, 2.24) is 98.2 Å². The number of hydrogen-bond acceptors (Lipinski definition) is 25. The van der Waals surface area contributed by atoms with Crippen LogP contribution in [-0.2, 0) is 51.3 Å². The van der Waals surface area contributed by atoms with Crippen molar-refractivity contribution in [2.24, 2.45) is 0 Å². The monoisotopic (exact) mass is 2150 g/mol. The molecule has 8 N–H and O–H groups in total. The summed E-state index contributed by atoms with van der Waals surface area (Å²) >= 11 is 3.66. The molecule has 794 valence electrons. The molecule has 147 heavy (non-hydrogen) atoms. The topological polar surface area (TPSA) is 426 Å². The quantitative estimate of drug-likeness (QED) is 0.0128. The Balaban J connectivity index is 0.000000164. The number of anilines is 4. The minimum Gasteiger partial charge on any atom is -0.480 e. The molecule has 0 unspecified atom stereocenters. The number of aliphatic carboxylic acids is 1. The highest BCUT2D eigenvalue weighted by Crippen LogP contribution is 2.42. The average Bonchev–Trinajstić information content (AvgIpc) is 1.62. The zero-order valence-corrected chi connectivity index (χ0v) is 89.2. The van der Waals surface area contributed by atoms with E-state index in [1.807, 2.05) is 127 Å². The molecule has 5 aliphatic rings. The lowest BCUT2D eigenvalue weighted by molar-refractivity contribution is -0.136. The number of alkyl halides is 8. The molecule has 0 saturated carbocycles. The van der Waals surface area contributed by atoms with Gasteiger partial charge in [-0.25, -0.2) is 48.3 Å². The van der Waals surface area contributed by atoms with Gasteiger partial charge in [-0.05, 0) is 204 Å². The first kappa shape index (κ1) is 113. The third kappa shape index (κ3) is 31.5. The van der Waals surface area contributed by atoms with E-state index in [2.05, 4.69) is 138 Å². The number of hydrogen-bond donors (Lipinski definition) is 8. The number of nitrogens with zero attached hydrogens (tertiary/aromatic N) is 19. The van der Waals surface area contributed by atoms with Crippen LogP contribution in [0.2, 0.25) is 51.4 Å². The van der Waals surface area contributed by atoms with Gasteiger partial charge in [-0.2, -0.15) is 66.0 Å². The molecule has 3 amide bonds. The molecule has 12 aromatic heterocycles. The maximum Gasteiger partial charge on any atom is 0.516 e. The molecule has 5 saturated heterocycles. The molecule has 0 radical (unpaired) electrons. The van der Waals surface area contributed by atoms with Crippen molar-refractivity contribution < 1.29 is 87.7 Å². The molecule has 5 aliphatic heterocycles. The molecule has 17 heterocycles. The molecule has 0 spiro atoms. The number of H-pyrrole nitrogens is 2. The van der Waals surface area contributed by atoms with Crippen LogP contribution in [0, 0.1) is 22.7 Å². The number of likely N-dealkylation sites (tertiary alicyclic amines) is 3. The fourth-order valence-corrected chi connectivity index (χ4v) is 18.6. The summed E-state index contributed by atoms with van der Waals surface area (Å²) in [5, 5.41) is 61.1. The van der Waals surface area contributed by atoms with Crippen molar-refractivity contribution in [3.63, 3.8) is 0 Å².